The zero-order chi connectivity index (χ0) is 13.0. The SMILES string of the molecule is CC(C)C(C)Nc1ccc(N2CCCCC2)nc1. The molecule has 0 bridgehead atoms. The standard InChI is InChI=1S/C15H25N3/c1-12(2)13(3)17-14-7-8-15(16-11-14)18-9-5-4-6-10-18/h7-8,11-13,17H,4-6,9-10H2,1-3H3. The molecule has 0 spiro atoms. The molecule has 1 saturated heterocycles. The molecule has 1 aromatic heterocycles. The second-order valence-corrected chi connectivity index (χ2v) is 5.63. The Kier molecular flexibility index (Phi) is 4.45. The number of rotatable bonds is 4. The summed E-state index contributed by atoms with van der Waals surface area (Å²) in [6.07, 6.45) is 5.92. The summed E-state index contributed by atoms with van der Waals surface area (Å²) < 4.78 is 0. The van der Waals surface area contributed by atoms with Crippen LogP contribution in [0.1, 0.15) is 40.0 Å². The molecule has 1 atom stereocenters. The zero-order valence-corrected chi connectivity index (χ0v) is 11.8. The highest BCUT2D eigenvalue weighted by molar-refractivity contribution is 5.49. The van der Waals surface area contributed by atoms with Gasteiger partial charge in [0.25, 0.3) is 0 Å². The molecule has 3 heteroatoms. The molecule has 0 aromatic carbocycles. The summed E-state index contributed by atoms with van der Waals surface area (Å²) in [7, 11) is 0. The van der Waals surface area contributed by atoms with E-state index in [2.05, 4.69) is 48.1 Å². The lowest BCUT2D eigenvalue weighted by molar-refractivity contribution is 0.559. The van der Waals surface area contributed by atoms with E-state index in [0.29, 0.717) is 12.0 Å². The van der Waals surface area contributed by atoms with Crippen molar-refractivity contribution in [3.05, 3.63) is 18.3 Å². The Morgan fingerprint density at radius 2 is 1.83 bits per heavy atom. The van der Waals surface area contributed by atoms with Gasteiger partial charge in [-0.2, -0.15) is 0 Å². The number of anilines is 2. The van der Waals surface area contributed by atoms with Crippen molar-refractivity contribution < 1.29 is 0 Å². The van der Waals surface area contributed by atoms with Crippen molar-refractivity contribution in [3.8, 4) is 0 Å². The summed E-state index contributed by atoms with van der Waals surface area (Å²) >= 11 is 0. The number of nitrogens with one attached hydrogen (secondary N) is 1. The molecule has 1 unspecified atom stereocenters. The number of hydrogen-bond acceptors (Lipinski definition) is 3. The molecule has 0 amide bonds. The number of hydrogen-bond donors (Lipinski definition) is 1. The Morgan fingerprint density at radius 1 is 1.11 bits per heavy atom. The second kappa shape index (κ2) is 6.07. The van der Waals surface area contributed by atoms with E-state index >= 15 is 0 Å². The van der Waals surface area contributed by atoms with Crippen LogP contribution in [0, 0.1) is 5.92 Å². The molecule has 2 heterocycles. The third-order valence-electron chi connectivity index (χ3n) is 3.82. The molecule has 1 aromatic rings. The van der Waals surface area contributed by atoms with Gasteiger partial charge >= 0.3 is 0 Å². The fourth-order valence-electron chi connectivity index (χ4n) is 2.21. The van der Waals surface area contributed by atoms with E-state index in [0.717, 1.165) is 24.6 Å². The highest BCUT2D eigenvalue weighted by Gasteiger charge is 2.12. The molecule has 1 aliphatic rings. The molecule has 1 N–H and O–H groups in total. The molecular formula is C15H25N3. The van der Waals surface area contributed by atoms with Gasteiger partial charge in [-0.05, 0) is 44.2 Å². The normalized spacial score (nSPS) is 17.9. The van der Waals surface area contributed by atoms with Crippen LogP contribution in [0.2, 0.25) is 0 Å². The molecule has 100 valence electrons. The lowest BCUT2D eigenvalue weighted by Gasteiger charge is -2.28. The highest BCUT2D eigenvalue weighted by atomic mass is 15.2. The first-order valence-electron chi connectivity index (χ1n) is 7.14. The maximum Gasteiger partial charge on any atom is 0.128 e. The summed E-state index contributed by atoms with van der Waals surface area (Å²) in [5.41, 5.74) is 1.12. The van der Waals surface area contributed by atoms with Crippen LogP contribution in [0.15, 0.2) is 18.3 Å². The van der Waals surface area contributed by atoms with E-state index in [1.807, 2.05) is 6.20 Å². The summed E-state index contributed by atoms with van der Waals surface area (Å²) in [4.78, 5) is 6.97. The van der Waals surface area contributed by atoms with E-state index in [4.69, 9.17) is 0 Å². The molecule has 1 fully saturated rings. The van der Waals surface area contributed by atoms with Gasteiger partial charge in [0, 0.05) is 19.1 Å². The van der Waals surface area contributed by atoms with Crippen LogP contribution in [0.5, 0.6) is 0 Å². The smallest absolute Gasteiger partial charge is 0.128 e. The Balaban J connectivity index is 1.96. The van der Waals surface area contributed by atoms with E-state index in [9.17, 15) is 0 Å². The van der Waals surface area contributed by atoms with Gasteiger partial charge in [0.15, 0.2) is 0 Å². The van der Waals surface area contributed by atoms with Crippen molar-refractivity contribution >= 4 is 11.5 Å². The lowest BCUT2D eigenvalue weighted by Crippen LogP contribution is -2.30. The fourth-order valence-corrected chi connectivity index (χ4v) is 2.21. The van der Waals surface area contributed by atoms with Crippen LogP contribution in [0.25, 0.3) is 0 Å². The van der Waals surface area contributed by atoms with E-state index in [1.54, 1.807) is 0 Å². The van der Waals surface area contributed by atoms with Crippen LogP contribution in [0.3, 0.4) is 0 Å². The zero-order valence-electron chi connectivity index (χ0n) is 11.8. The predicted octanol–water partition coefficient (Wildman–Crippen LogP) is 3.53. The van der Waals surface area contributed by atoms with E-state index in [-0.39, 0.29) is 0 Å². The Morgan fingerprint density at radius 3 is 2.39 bits per heavy atom. The van der Waals surface area contributed by atoms with Crippen molar-refractivity contribution in [3.63, 3.8) is 0 Å². The minimum atomic E-state index is 0.479. The summed E-state index contributed by atoms with van der Waals surface area (Å²) in [5.74, 6) is 1.75. The third-order valence-corrected chi connectivity index (χ3v) is 3.82. The molecule has 1 aliphatic heterocycles. The Hall–Kier alpha value is -1.25. The van der Waals surface area contributed by atoms with Gasteiger partial charge in [0.05, 0.1) is 11.9 Å². The van der Waals surface area contributed by atoms with Gasteiger partial charge in [-0.1, -0.05) is 13.8 Å². The summed E-state index contributed by atoms with van der Waals surface area (Å²) in [5, 5.41) is 3.49. The number of nitrogens with zero attached hydrogens (tertiary/aromatic N) is 2. The maximum absolute atomic E-state index is 4.58. The van der Waals surface area contributed by atoms with Crippen LogP contribution < -0.4 is 10.2 Å². The van der Waals surface area contributed by atoms with Gasteiger partial charge in [-0.3, -0.25) is 0 Å². The van der Waals surface area contributed by atoms with Gasteiger partial charge < -0.3 is 10.2 Å². The molecule has 2 rings (SSSR count). The van der Waals surface area contributed by atoms with Crippen LogP contribution >= 0.6 is 0 Å². The average Bonchev–Trinajstić information content (AvgIpc) is 2.40. The van der Waals surface area contributed by atoms with Crippen LogP contribution in [-0.4, -0.2) is 24.1 Å². The molecule has 18 heavy (non-hydrogen) atoms. The van der Waals surface area contributed by atoms with Crippen LogP contribution in [0.4, 0.5) is 11.5 Å². The molecular weight excluding hydrogens is 222 g/mol. The first-order valence-corrected chi connectivity index (χ1v) is 7.14. The quantitative estimate of drug-likeness (QED) is 0.882. The third kappa shape index (κ3) is 3.37. The minimum absolute atomic E-state index is 0.479. The van der Waals surface area contributed by atoms with Crippen molar-refractivity contribution in [1.29, 1.82) is 0 Å². The summed E-state index contributed by atoms with van der Waals surface area (Å²) in [6.45, 7) is 8.98. The van der Waals surface area contributed by atoms with Gasteiger partial charge in [-0.15, -0.1) is 0 Å². The van der Waals surface area contributed by atoms with Gasteiger partial charge in [-0.25, -0.2) is 4.98 Å². The molecule has 0 saturated carbocycles. The molecule has 0 radical (unpaired) electrons. The maximum atomic E-state index is 4.58. The molecule has 3 nitrogen and oxygen atoms in total. The highest BCUT2D eigenvalue weighted by Crippen LogP contribution is 2.19. The molecule has 0 aliphatic carbocycles. The van der Waals surface area contributed by atoms with Crippen molar-refractivity contribution in [1.82, 2.24) is 4.98 Å². The predicted molar refractivity (Wildman–Crippen MR) is 78.2 cm³/mol. The number of pyridine rings is 1. The van der Waals surface area contributed by atoms with Gasteiger partial charge in [0.1, 0.15) is 5.82 Å². The lowest BCUT2D eigenvalue weighted by atomic mass is 10.1. The van der Waals surface area contributed by atoms with Crippen molar-refractivity contribution in [2.45, 2.75) is 46.1 Å². The monoisotopic (exact) mass is 247 g/mol. The Labute approximate surface area is 111 Å². The number of aromatic nitrogens is 1. The van der Waals surface area contributed by atoms with Crippen LogP contribution in [-0.2, 0) is 0 Å². The largest absolute Gasteiger partial charge is 0.381 e. The minimum Gasteiger partial charge on any atom is -0.381 e. The van der Waals surface area contributed by atoms with E-state index < -0.39 is 0 Å². The van der Waals surface area contributed by atoms with Crippen molar-refractivity contribution in [2.24, 2.45) is 5.92 Å². The van der Waals surface area contributed by atoms with Crippen molar-refractivity contribution in [2.75, 3.05) is 23.3 Å². The first-order chi connectivity index (χ1) is 8.66. The topological polar surface area (TPSA) is 28.2 Å². The average molecular weight is 247 g/mol. The summed E-state index contributed by atoms with van der Waals surface area (Å²) in [6, 6.07) is 4.77. The second-order valence-electron chi connectivity index (χ2n) is 5.63. The Bertz CT molecular complexity index is 353. The first kappa shape index (κ1) is 13.2. The fraction of sp³-hybridized carbons (Fsp3) is 0.667. The van der Waals surface area contributed by atoms with Gasteiger partial charge in [0.2, 0.25) is 0 Å². The number of piperidine rings is 1. The van der Waals surface area contributed by atoms with E-state index in [1.165, 1.54) is 19.3 Å².